The van der Waals surface area contributed by atoms with Crippen LogP contribution in [0.2, 0.25) is 5.02 Å². The van der Waals surface area contributed by atoms with E-state index in [1.165, 1.54) is 0 Å². The second-order valence-corrected chi connectivity index (χ2v) is 4.87. The maximum absolute atomic E-state index is 13.8. The van der Waals surface area contributed by atoms with Crippen molar-refractivity contribution in [3.8, 4) is 11.5 Å². The monoisotopic (exact) mass is 363 g/mol. The number of carbonyl (C=O) groups excluding carboxylic acids is 1. The number of halogens is 5. The number of alkyl halides is 3. The molecule has 5 nitrogen and oxygen atoms in total. The van der Waals surface area contributed by atoms with Crippen molar-refractivity contribution in [2.45, 2.75) is 6.18 Å². The quantitative estimate of drug-likeness (QED) is 0.331. The van der Waals surface area contributed by atoms with E-state index >= 15 is 0 Å². The molecule has 0 aliphatic heterocycles. The van der Waals surface area contributed by atoms with E-state index in [9.17, 15) is 32.5 Å². The number of rotatable bonds is 4. The number of ether oxygens (including phenoxy) is 1. The van der Waals surface area contributed by atoms with Crippen LogP contribution in [0.15, 0.2) is 30.3 Å². The minimum Gasteiger partial charge on any atom is -0.452 e. The van der Waals surface area contributed by atoms with Crippen LogP contribution >= 0.6 is 11.6 Å². The van der Waals surface area contributed by atoms with Gasteiger partial charge in [0.05, 0.1) is 27.1 Å². The molecule has 0 spiro atoms. The summed E-state index contributed by atoms with van der Waals surface area (Å²) in [5.41, 5.74) is -2.16. The van der Waals surface area contributed by atoms with Crippen LogP contribution < -0.4 is 4.74 Å². The first-order chi connectivity index (χ1) is 11.1. The van der Waals surface area contributed by atoms with Gasteiger partial charge in [0.15, 0.2) is 17.9 Å². The third-order valence-corrected chi connectivity index (χ3v) is 3.15. The van der Waals surface area contributed by atoms with Crippen molar-refractivity contribution in [2.75, 3.05) is 0 Å². The van der Waals surface area contributed by atoms with Crippen LogP contribution in [0.3, 0.4) is 0 Å². The Hall–Kier alpha value is -2.68. The number of nitro benzene ring substituents is 1. The minimum atomic E-state index is -4.80. The molecular formula is C14H6ClF4NO4. The van der Waals surface area contributed by atoms with E-state index in [1.807, 2.05) is 0 Å². The van der Waals surface area contributed by atoms with Gasteiger partial charge in [-0.2, -0.15) is 13.2 Å². The molecule has 126 valence electrons. The Morgan fingerprint density at radius 3 is 2.38 bits per heavy atom. The second kappa shape index (κ2) is 6.44. The third kappa shape index (κ3) is 3.62. The van der Waals surface area contributed by atoms with E-state index in [2.05, 4.69) is 0 Å². The van der Waals surface area contributed by atoms with Crippen molar-refractivity contribution in [3.05, 3.63) is 62.4 Å². The van der Waals surface area contributed by atoms with Crippen LogP contribution in [0.5, 0.6) is 11.5 Å². The van der Waals surface area contributed by atoms with Gasteiger partial charge in [0.2, 0.25) is 0 Å². The van der Waals surface area contributed by atoms with Gasteiger partial charge in [-0.25, -0.2) is 4.39 Å². The molecule has 0 N–H and O–H groups in total. The summed E-state index contributed by atoms with van der Waals surface area (Å²) < 4.78 is 56.5. The van der Waals surface area contributed by atoms with Gasteiger partial charge in [0.25, 0.3) is 5.69 Å². The summed E-state index contributed by atoms with van der Waals surface area (Å²) in [4.78, 5) is 20.7. The van der Waals surface area contributed by atoms with E-state index in [-0.39, 0.29) is 23.7 Å². The Labute approximate surface area is 136 Å². The number of hydrogen-bond donors (Lipinski definition) is 0. The second-order valence-electron chi connectivity index (χ2n) is 4.46. The van der Waals surface area contributed by atoms with Gasteiger partial charge in [-0.3, -0.25) is 14.9 Å². The highest BCUT2D eigenvalue weighted by molar-refractivity contribution is 6.32. The molecule has 0 aliphatic carbocycles. The Balaban J connectivity index is 2.44. The maximum Gasteiger partial charge on any atom is 0.416 e. The van der Waals surface area contributed by atoms with Crippen LogP contribution in [-0.4, -0.2) is 11.2 Å². The van der Waals surface area contributed by atoms with Crippen LogP contribution in [0, 0.1) is 15.9 Å². The fourth-order valence-corrected chi connectivity index (χ4v) is 2.03. The van der Waals surface area contributed by atoms with Gasteiger partial charge < -0.3 is 4.74 Å². The molecule has 0 unspecified atom stereocenters. The molecule has 0 atom stereocenters. The molecule has 0 amide bonds. The van der Waals surface area contributed by atoms with Crippen molar-refractivity contribution in [1.82, 2.24) is 0 Å². The molecule has 0 fully saturated rings. The fraction of sp³-hybridized carbons (Fsp3) is 0.0714. The zero-order valence-corrected chi connectivity index (χ0v) is 12.2. The molecule has 2 aromatic carbocycles. The van der Waals surface area contributed by atoms with Gasteiger partial charge in [-0.1, -0.05) is 11.6 Å². The summed E-state index contributed by atoms with van der Waals surface area (Å²) in [6, 6.07) is 3.65. The van der Waals surface area contributed by atoms with Crippen molar-refractivity contribution in [1.29, 1.82) is 0 Å². The van der Waals surface area contributed by atoms with Gasteiger partial charge in [-0.15, -0.1) is 0 Å². The molecule has 0 heterocycles. The van der Waals surface area contributed by atoms with E-state index in [0.717, 1.165) is 18.2 Å². The Bertz CT molecular complexity index is 800. The number of benzene rings is 2. The summed E-state index contributed by atoms with van der Waals surface area (Å²) in [7, 11) is 0. The first kappa shape index (κ1) is 17.7. The standard InChI is InChI=1S/C14H6ClF4NO4/c15-10-3-8(14(17,18)19)4-11(16)13(10)24-9-2-1-7(6-21)12(5-9)20(22)23/h1-6H. The zero-order valence-electron chi connectivity index (χ0n) is 11.4. The average molecular weight is 364 g/mol. The van der Waals surface area contributed by atoms with Crippen molar-refractivity contribution < 1.29 is 32.0 Å². The summed E-state index contributed by atoms with van der Waals surface area (Å²) in [5.74, 6) is -2.39. The van der Waals surface area contributed by atoms with Crippen molar-refractivity contribution in [2.24, 2.45) is 0 Å². The normalized spacial score (nSPS) is 11.2. The predicted octanol–water partition coefficient (Wildman–Crippen LogP) is 5.01. The lowest BCUT2D eigenvalue weighted by molar-refractivity contribution is -0.385. The van der Waals surface area contributed by atoms with Gasteiger partial charge in [0.1, 0.15) is 5.75 Å². The molecule has 0 aromatic heterocycles. The van der Waals surface area contributed by atoms with Crippen LogP contribution in [-0.2, 0) is 6.18 Å². The van der Waals surface area contributed by atoms with Crippen molar-refractivity contribution >= 4 is 23.6 Å². The lowest BCUT2D eigenvalue weighted by atomic mass is 10.2. The molecule has 2 rings (SSSR count). The first-order valence-corrected chi connectivity index (χ1v) is 6.49. The summed E-state index contributed by atoms with van der Waals surface area (Å²) in [5, 5.41) is 10.2. The lowest BCUT2D eigenvalue weighted by Crippen LogP contribution is -2.06. The number of hydrogen-bond acceptors (Lipinski definition) is 4. The number of aldehydes is 1. The van der Waals surface area contributed by atoms with E-state index < -0.39 is 38.9 Å². The Morgan fingerprint density at radius 2 is 1.88 bits per heavy atom. The van der Waals surface area contributed by atoms with Gasteiger partial charge in [-0.05, 0) is 24.3 Å². The third-order valence-electron chi connectivity index (χ3n) is 2.87. The van der Waals surface area contributed by atoms with Crippen LogP contribution in [0.4, 0.5) is 23.2 Å². The van der Waals surface area contributed by atoms with Crippen molar-refractivity contribution in [3.63, 3.8) is 0 Å². The highest BCUT2D eigenvalue weighted by Gasteiger charge is 2.32. The zero-order chi connectivity index (χ0) is 18.1. The smallest absolute Gasteiger partial charge is 0.416 e. The van der Waals surface area contributed by atoms with Gasteiger partial charge >= 0.3 is 6.18 Å². The molecule has 2 aromatic rings. The maximum atomic E-state index is 13.8. The summed E-state index contributed by atoms with van der Waals surface area (Å²) in [6.07, 6.45) is -4.55. The molecule has 0 saturated heterocycles. The highest BCUT2D eigenvalue weighted by Crippen LogP contribution is 2.39. The first-order valence-electron chi connectivity index (χ1n) is 6.11. The van der Waals surface area contributed by atoms with E-state index in [0.29, 0.717) is 6.07 Å². The van der Waals surface area contributed by atoms with Crippen LogP contribution in [0.1, 0.15) is 15.9 Å². The molecule has 0 bridgehead atoms. The lowest BCUT2D eigenvalue weighted by Gasteiger charge is -2.12. The molecular weight excluding hydrogens is 358 g/mol. The molecule has 24 heavy (non-hydrogen) atoms. The number of carbonyl (C=O) groups is 1. The van der Waals surface area contributed by atoms with Gasteiger partial charge in [0, 0.05) is 0 Å². The molecule has 0 aliphatic rings. The fourth-order valence-electron chi connectivity index (χ4n) is 1.78. The van der Waals surface area contributed by atoms with E-state index in [4.69, 9.17) is 16.3 Å². The number of nitrogens with zero attached hydrogens (tertiary/aromatic N) is 1. The molecule has 0 saturated carbocycles. The largest absolute Gasteiger partial charge is 0.452 e. The average Bonchev–Trinajstić information content (AvgIpc) is 2.49. The summed E-state index contributed by atoms with van der Waals surface area (Å²) >= 11 is 5.60. The SMILES string of the molecule is O=Cc1ccc(Oc2c(F)cc(C(F)(F)F)cc2Cl)cc1[N+](=O)[O-]. The van der Waals surface area contributed by atoms with Crippen LogP contribution in [0.25, 0.3) is 0 Å². The summed E-state index contributed by atoms with van der Waals surface area (Å²) in [6.45, 7) is 0. The Morgan fingerprint density at radius 1 is 1.21 bits per heavy atom. The molecule has 10 heteroatoms. The van der Waals surface area contributed by atoms with E-state index in [1.54, 1.807) is 0 Å². The Kier molecular flexibility index (Phi) is 4.74. The predicted molar refractivity (Wildman–Crippen MR) is 75.0 cm³/mol. The number of nitro groups is 1. The highest BCUT2D eigenvalue weighted by atomic mass is 35.5. The molecule has 0 radical (unpaired) electrons. The topological polar surface area (TPSA) is 69.4 Å². The minimum absolute atomic E-state index is 0.190.